The number of rotatable bonds is 6. The van der Waals surface area contributed by atoms with Crippen LogP contribution in [0.3, 0.4) is 0 Å². The number of hydrogen-bond acceptors (Lipinski definition) is 5. The summed E-state index contributed by atoms with van der Waals surface area (Å²) in [6, 6.07) is 15.6. The number of halogens is 1. The Morgan fingerprint density at radius 2 is 1.85 bits per heavy atom. The molecule has 0 amide bonds. The summed E-state index contributed by atoms with van der Waals surface area (Å²) in [6.07, 6.45) is 0.515. The van der Waals surface area contributed by atoms with Gasteiger partial charge in [0.2, 0.25) is 5.95 Å². The Labute approximate surface area is 157 Å². The average Bonchev–Trinajstić information content (AvgIpc) is 2.64. The fourth-order valence-electron chi connectivity index (χ4n) is 2.69. The summed E-state index contributed by atoms with van der Waals surface area (Å²) in [7, 11) is 0. The van der Waals surface area contributed by atoms with Crippen LogP contribution in [0.25, 0.3) is 0 Å². The zero-order valence-electron chi connectivity index (χ0n) is 14.4. The van der Waals surface area contributed by atoms with Gasteiger partial charge in [0.15, 0.2) is 0 Å². The van der Waals surface area contributed by atoms with Crippen LogP contribution in [0.4, 0.5) is 5.95 Å². The van der Waals surface area contributed by atoms with Gasteiger partial charge in [0.25, 0.3) is 0 Å². The van der Waals surface area contributed by atoms with Gasteiger partial charge in [-0.2, -0.15) is 0 Å². The van der Waals surface area contributed by atoms with Gasteiger partial charge in [0.1, 0.15) is 17.5 Å². The minimum atomic E-state index is -0.0489. The summed E-state index contributed by atoms with van der Waals surface area (Å²) in [5.41, 5.74) is 9.98. The molecular weight excluding hydrogens is 350 g/mol. The third-order valence-electron chi connectivity index (χ3n) is 4.10. The molecule has 0 spiro atoms. The number of ether oxygens (including phenoxy) is 1. The summed E-state index contributed by atoms with van der Waals surface area (Å²) in [5, 5.41) is 9.78. The van der Waals surface area contributed by atoms with Gasteiger partial charge in [-0.05, 0) is 29.7 Å². The highest BCUT2D eigenvalue weighted by atomic mass is 35.5. The van der Waals surface area contributed by atoms with Gasteiger partial charge in [-0.25, -0.2) is 9.97 Å². The largest absolute Gasteiger partial charge is 0.489 e. The summed E-state index contributed by atoms with van der Waals surface area (Å²) in [4.78, 5) is 8.23. The highest BCUT2D eigenvalue weighted by Gasteiger charge is 2.13. The highest BCUT2D eigenvalue weighted by Crippen LogP contribution is 2.28. The van der Waals surface area contributed by atoms with Crippen molar-refractivity contribution in [1.82, 2.24) is 9.97 Å². The molecule has 5 nitrogen and oxygen atoms in total. The molecule has 6 heteroatoms. The third kappa shape index (κ3) is 4.31. The number of aryl methyl sites for hydroxylation is 1. The van der Waals surface area contributed by atoms with E-state index in [1.165, 1.54) is 0 Å². The molecule has 1 heterocycles. The van der Waals surface area contributed by atoms with Crippen LogP contribution in [0.2, 0.25) is 5.15 Å². The van der Waals surface area contributed by atoms with Gasteiger partial charge in [0, 0.05) is 17.7 Å². The zero-order valence-corrected chi connectivity index (χ0v) is 15.2. The Hall–Kier alpha value is -2.63. The lowest BCUT2D eigenvalue weighted by Crippen LogP contribution is -2.05. The molecule has 134 valence electrons. The first-order chi connectivity index (χ1) is 12.6. The Balaban J connectivity index is 1.89. The van der Waals surface area contributed by atoms with E-state index in [0.29, 0.717) is 23.9 Å². The van der Waals surface area contributed by atoms with E-state index in [4.69, 9.17) is 22.1 Å². The Bertz CT molecular complexity index is 878. The monoisotopic (exact) mass is 369 g/mol. The van der Waals surface area contributed by atoms with Gasteiger partial charge >= 0.3 is 0 Å². The van der Waals surface area contributed by atoms with Gasteiger partial charge in [-0.1, -0.05) is 54.1 Å². The molecule has 2 aromatic carbocycles. The van der Waals surface area contributed by atoms with E-state index in [-0.39, 0.29) is 12.6 Å². The predicted octanol–water partition coefficient (Wildman–Crippen LogP) is 3.68. The van der Waals surface area contributed by atoms with E-state index in [1.54, 1.807) is 0 Å². The normalized spacial score (nSPS) is 10.7. The first kappa shape index (κ1) is 18.2. The minimum Gasteiger partial charge on any atom is -0.489 e. The maximum Gasteiger partial charge on any atom is 0.221 e. The van der Waals surface area contributed by atoms with Crippen LogP contribution in [0.5, 0.6) is 5.75 Å². The van der Waals surface area contributed by atoms with Crippen molar-refractivity contribution in [1.29, 1.82) is 0 Å². The number of nitrogens with zero attached hydrogens (tertiary/aromatic N) is 2. The van der Waals surface area contributed by atoms with Crippen molar-refractivity contribution in [3.8, 4) is 5.75 Å². The number of nitrogen functional groups attached to an aromatic ring is 1. The van der Waals surface area contributed by atoms with Crippen molar-refractivity contribution >= 4 is 17.5 Å². The van der Waals surface area contributed by atoms with Gasteiger partial charge in [-0.15, -0.1) is 0 Å². The molecule has 0 aliphatic heterocycles. The first-order valence-corrected chi connectivity index (χ1v) is 8.62. The van der Waals surface area contributed by atoms with Crippen LogP contribution in [0.15, 0.2) is 48.5 Å². The molecule has 0 unspecified atom stereocenters. The van der Waals surface area contributed by atoms with Crippen molar-refractivity contribution in [3.05, 3.63) is 81.6 Å². The second kappa shape index (κ2) is 8.17. The van der Waals surface area contributed by atoms with E-state index in [1.807, 2.05) is 55.5 Å². The molecule has 0 atom stereocenters. The highest BCUT2D eigenvalue weighted by molar-refractivity contribution is 6.30. The van der Waals surface area contributed by atoms with Crippen molar-refractivity contribution in [2.45, 2.75) is 26.6 Å². The minimum absolute atomic E-state index is 0.0489. The Morgan fingerprint density at radius 3 is 2.54 bits per heavy atom. The molecule has 0 radical (unpaired) electrons. The molecule has 0 saturated carbocycles. The SMILES string of the molecule is Cc1nc(N)nc(Cl)c1Cc1ccc(CO)cc1OCc1ccccc1. The van der Waals surface area contributed by atoms with Crippen LogP contribution >= 0.6 is 11.6 Å². The van der Waals surface area contributed by atoms with Crippen molar-refractivity contribution in [3.63, 3.8) is 0 Å². The smallest absolute Gasteiger partial charge is 0.221 e. The summed E-state index contributed by atoms with van der Waals surface area (Å²) in [5.74, 6) is 0.861. The van der Waals surface area contributed by atoms with Crippen LogP contribution < -0.4 is 10.5 Å². The molecule has 3 aromatic rings. The lowest BCUT2D eigenvalue weighted by Gasteiger charge is -2.15. The second-order valence-electron chi connectivity index (χ2n) is 5.99. The topological polar surface area (TPSA) is 81.3 Å². The van der Waals surface area contributed by atoms with E-state index in [0.717, 1.165) is 27.9 Å². The van der Waals surface area contributed by atoms with Crippen LogP contribution in [-0.4, -0.2) is 15.1 Å². The van der Waals surface area contributed by atoms with Crippen molar-refractivity contribution in [2.24, 2.45) is 0 Å². The molecule has 0 fully saturated rings. The van der Waals surface area contributed by atoms with Crippen molar-refractivity contribution < 1.29 is 9.84 Å². The molecule has 3 rings (SSSR count). The second-order valence-corrected chi connectivity index (χ2v) is 6.35. The van der Waals surface area contributed by atoms with E-state index in [2.05, 4.69) is 9.97 Å². The lowest BCUT2D eigenvalue weighted by molar-refractivity contribution is 0.277. The molecule has 0 saturated heterocycles. The zero-order chi connectivity index (χ0) is 18.5. The molecule has 1 aromatic heterocycles. The Morgan fingerprint density at radius 1 is 1.08 bits per heavy atom. The van der Waals surface area contributed by atoms with E-state index >= 15 is 0 Å². The molecule has 0 bridgehead atoms. The fraction of sp³-hybridized carbons (Fsp3) is 0.200. The number of aromatic nitrogens is 2. The van der Waals surface area contributed by atoms with E-state index in [9.17, 15) is 5.11 Å². The Kier molecular flexibility index (Phi) is 5.71. The number of aliphatic hydroxyl groups is 1. The quantitative estimate of drug-likeness (QED) is 0.648. The standard InChI is InChI=1S/C20H20ClN3O2/c1-13-17(19(21)24-20(22)23-13)10-16-8-7-15(11-25)9-18(16)26-12-14-5-3-2-4-6-14/h2-9,25H,10-12H2,1H3,(H2,22,23,24). The van der Waals surface area contributed by atoms with Crippen LogP contribution in [0, 0.1) is 6.92 Å². The first-order valence-electron chi connectivity index (χ1n) is 8.24. The molecule has 0 aliphatic carbocycles. The van der Waals surface area contributed by atoms with Gasteiger partial charge in [0.05, 0.1) is 6.61 Å². The maximum absolute atomic E-state index is 9.44. The fourth-order valence-corrected chi connectivity index (χ4v) is 2.98. The molecular formula is C20H20ClN3O2. The third-order valence-corrected chi connectivity index (χ3v) is 4.41. The molecule has 3 N–H and O–H groups in total. The van der Waals surface area contributed by atoms with E-state index < -0.39 is 0 Å². The average molecular weight is 370 g/mol. The number of benzene rings is 2. The molecule has 26 heavy (non-hydrogen) atoms. The molecule has 0 aliphatic rings. The number of nitrogens with two attached hydrogens (primary N) is 1. The van der Waals surface area contributed by atoms with Crippen LogP contribution in [-0.2, 0) is 19.6 Å². The summed E-state index contributed by atoms with van der Waals surface area (Å²) >= 11 is 6.26. The van der Waals surface area contributed by atoms with Crippen LogP contribution in [0.1, 0.15) is 27.9 Å². The van der Waals surface area contributed by atoms with Gasteiger partial charge < -0.3 is 15.6 Å². The van der Waals surface area contributed by atoms with Crippen molar-refractivity contribution in [2.75, 3.05) is 5.73 Å². The predicted molar refractivity (Wildman–Crippen MR) is 102 cm³/mol. The lowest BCUT2D eigenvalue weighted by atomic mass is 10.0. The summed E-state index contributed by atoms with van der Waals surface area (Å²) < 4.78 is 6.02. The van der Waals surface area contributed by atoms with Gasteiger partial charge in [-0.3, -0.25) is 0 Å². The summed E-state index contributed by atoms with van der Waals surface area (Å²) in [6.45, 7) is 2.24. The number of aliphatic hydroxyl groups excluding tert-OH is 1. The maximum atomic E-state index is 9.44. The number of hydrogen-bond donors (Lipinski definition) is 2. The number of anilines is 1.